The lowest BCUT2D eigenvalue weighted by molar-refractivity contribution is 0.119. The fourth-order valence-corrected chi connectivity index (χ4v) is 4.29. The van der Waals surface area contributed by atoms with Crippen LogP contribution in [0, 0.1) is 11.8 Å². The van der Waals surface area contributed by atoms with E-state index in [1.165, 1.54) is 22.3 Å². The number of aliphatic hydroxyl groups is 1. The molecule has 0 spiro atoms. The SMILES string of the molecule is OCC#CCN1CCN(C2c3ccccc3CCc3ccccc32)CC1. The Balaban J connectivity index is 1.60. The molecule has 1 saturated heterocycles. The number of hydrogen-bond donors (Lipinski definition) is 1. The van der Waals surface area contributed by atoms with Gasteiger partial charge in [0.2, 0.25) is 0 Å². The van der Waals surface area contributed by atoms with E-state index >= 15 is 0 Å². The summed E-state index contributed by atoms with van der Waals surface area (Å²) in [5.41, 5.74) is 5.94. The molecule has 2 aliphatic rings. The van der Waals surface area contributed by atoms with Crippen molar-refractivity contribution in [3.8, 4) is 11.8 Å². The van der Waals surface area contributed by atoms with Gasteiger partial charge in [0.25, 0.3) is 0 Å². The van der Waals surface area contributed by atoms with Crippen molar-refractivity contribution in [1.82, 2.24) is 9.80 Å². The van der Waals surface area contributed by atoms with Crippen LogP contribution in [0.4, 0.5) is 0 Å². The van der Waals surface area contributed by atoms with Crippen LogP contribution in [0.25, 0.3) is 0 Å². The molecule has 0 radical (unpaired) electrons. The molecule has 0 aromatic heterocycles. The molecule has 1 N–H and O–H groups in total. The van der Waals surface area contributed by atoms with Gasteiger partial charge in [0.05, 0.1) is 12.6 Å². The highest BCUT2D eigenvalue weighted by Crippen LogP contribution is 2.37. The van der Waals surface area contributed by atoms with Gasteiger partial charge in [-0.05, 0) is 35.1 Å². The zero-order valence-electron chi connectivity index (χ0n) is 15.2. The van der Waals surface area contributed by atoms with Crippen LogP contribution in [0.2, 0.25) is 0 Å². The predicted octanol–water partition coefficient (Wildman–Crippen LogP) is 2.49. The molecule has 3 nitrogen and oxygen atoms in total. The zero-order valence-corrected chi connectivity index (χ0v) is 15.2. The monoisotopic (exact) mass is 346 g/mol. The molecule has 0 atom stereocenters. The largest absolute Gasteiger partial charge is 0.384 e. The average molecular weight is 346 g/mol. The average Bonchev–Trinajstić information content (AvgIpc) is 2.86. The van der Waals surface area contributed by atoms with Gasteiger partial charge < -0.3 is 5.11 Å². The van der Waals surface area contributed by atoms with Crippen molar-refractivity contribution in [2.24, 2.45) is 0 Å². The number of hydrogen-bond acceptors (Lipinski definition) is 3. The van der Waals surface area contributed by atoms with Gasteiger partial charge in [0.1, 0.15) is 6.61 Å². The summed E-state index contributed by atoms with van der Waals surface area (Å²) in [6.07, 6.45) is 2.25. The van der Waals surface area contributed by atoms with Crippen LogP contribution in [0.1, 0.15) is 28.3 Å². The Hall–Kier alpha value is -2.12. The molecule has 2 aromatic carbocycles. The van der Waals surface area contributed by atoms with Crippen LogP contribution >= 0.6 is 0 Å². The van der Waals surface area contributed by atoms with Crippen molar-refractivity contribution >= 4 is 0 Å². The highest BCUT2D eigenvalue weighted by atomic mass is 16.2. The second kappa shape index (κ2) is 8.05. The minimum absolute atomic E-state index is 0.0460. The first-order valence-corrected chi connectivity index (χ1v) is 9.55. The van der Waals surface area contributed by atoms with Crippen LogP contribution in [-0.2, 0) is 12.8 Å². The lowest BCUT2D eigenvalue weighted by Gasteiger charge is -2.39. The molecular weight excluding hydrogens is 320 g/mol. The van der Waals surface area contributed by atoms with Crippen LogP contribution in [-0.4, -0.2) is 54.2 Å². The molecule has 2 aromatic rings. The summed E-state index contributed by atoms with van der Waals surface area (Å²) < 4.78 is 0. The predicted molar refractivity (Wildman–Crippen MR) is 105 cm³/mol. The molecule has 26 heavy (non-hydrogen) atoms. The van der Waals surface area contributed by atoms with Crippen molar-refractivity contribution in [1.29, 1.82) is 0 Å². The first-order valence-electron chi connectivity index (χ1n) is 9.55. The summed E-state index contributed by atoms with van der Waals surface area (Å²) >= 11 is 0. The number of benzene rings is 2. The maximum absolute atomic E-state index is 8.82. The normalized spacial score (nSPS) is 18.3. The van der Waals surface area contributed by atoms with Crippen LogP contribution in [0.5, 0.6) is 0 Å². The molecule has 1 heterocycles. The minimum atomic E-state index is -0.0460. The molecule has 4 rings (SSSR count). The van der Waals surface area contributed by atoms with Gasteiger partial charge in [-0.25, -0.2) is 0 Å². The van der Waals surface area contributed by atoms with Gasteiger partial charge in [-0.15, -0.1) is 0 Å². The summed E-state index contributed by atoms with van der Waals surface area (Å²) in [5, 5.41) is 8.82. The molecule has 134 valence electrons. The molecule has 0 amide bonds. The van der Waals surface area contributed by atoms with E-state index < -0.39 is 0 Å². The molecule has 0 unspecified atom stereocenters. The highest BCUT2D eigenvalue weighted by Gasteiger charge is 2.30. The summed E-state index contributed by atoms with van der Waals surface area (Å²) in [4.78, 5) is 5.02. The van der Waals surface area contributed by atoms with E-state index in [4.69, 9.17) is 5.11 Å². The van der Waals surface area contributed by atoms with E-state index in [-0.39, 0.29) is 6.61 Å². The van der Waals surface area contributed by atoms with Gasteiger partial charge in [0, 0.05) is 26.2 Å². The topological polar surface area (TPSA) is 26.7 Å². The standard InChI is InChI=1S/C23H26N2O/c26-18-6-5-13-24-14-16-25(17-15-24)23-21-9-3-1-7-19(21)11-12-20-8-2-4-10-22(20)23/h1-4,7-10,23,26H,11-18H2. The Labute approximate surface area is 156 Å². The Morgan fingerprint density at radius 1 is 0.808 bits per heavy atom. The van der Waals surface area contributed by atoms with Crippen molar-refractivity contribution in [2.75, 3.05) is 39.3 Å². The lowest BCUT2D eigenvalue weighted by Crippen LogP contribution is -2.48. The van der Waals surface area contributed by atoms with E-state index in [9.17, 15) is 0 Å². The molecule has 1 aliphatic heterocycles. The molecular formula is C23H26N2O. The third-order valence-corrected chi connectivity index (χ3v) is 5.64. The van der Waals surface area contributed by atoms with E-state index in [0.717, 1.165) is 45.6 Å². The smallest absolute Gasteiger partial charge is 0.104 e. The fraction of sp³-hybridized carbons (Fsp3) is 0.391. The lowest BCUT2D eigenvalue weighted by atomic mass is 9.93. The van der Waals surface area contributed by atoms with Crippen LogP contribution in [0.3, 0.4) is 0 Å². The third-order valence-electron chi connectivity index (χ3n) is 5.64. The van der Waals surface area contributed by atoms with Crippen molar-refractivity contribution < 1.29 is 5.11 Å². The van der Waals surface area contributed by atoms with Gasteiger partial charge in [0.15, 0.2) is 0 Å². The van der Waals surface area contributed by atoms with Gasteiger partial charge in [-0.2, -0.15) is 0 Å². The second-order valence-corrected chi connectivity index (χ2v) is 7.12. The second-order valence-electron chi connectivity index (χ2n) is 7.12. The van der Waals surface area contributed by atoms with E-state index in [0.29, 0.717) is 6.04 Å². The first kappa shape index (κ1) is 17.3. The molecule has 0 saturated carbocycles. The number of nitrogens with zero attached hydrogens (tertiary/aromatic N) is 2. The van der Waals surface area contributed by atoms with Crippen LogP contribution < -0.4 is 0 Å². The van der Waals surface area contributed by atoms with Crippen LogP contribution in [0.15, 0.2) is 48.5 Å². The summed E-state index contributed by atoms with van der Waals surface area (Å²) in [5.74, 6) is 5.80. The molecule has 3 heteroatoms. The highest BCUT2D eigenvalue weighted by molar-refractivity contribution is 5.44. The summed E-state index contributed by atoms with van der Waals surface area (Å²) in [6, 6.07) is 18.3. The number of aryl methyl sites for hydroxylation is 2. The molecule has 0 bridgehead atoms. The summed E-state index contributed by atoms with van der Waals surface area (Å²) in [7, 11) is 0. The maximum Gasteiger partial charge on any atom is 0.104 e. The summed E-state index contributed by atoms with van der Waals surface area (Å²) in [6.45, 7) is 4.87. The number of fused-ring (bicyclic) bond motifs is 2. The maximum atomic E-state index is 8.82. The van der Waals surface area contributed by atoms with E-state index in [2.05, 4.69) is 70.2 Å². The first-order chi connectivity index (χ1) is 12.9. The van der Waals surface area contributed by atoms with Gasteiger partial charge in [-0.3, -0.25) is 9.80 Å². The zero-order chi connectivity index (χ0) is 17.8. The minimum Gasteiger partial charge on any atom is -0.384 e. The third kappa shape index (κ3) is 3.54. The van der Waals surface area contributed by atoms with Gasteiger partial charge >= 0.3 is 0 Å². The Morgan fingerprint density at radius 3 is 1.96 bits per heavy atom. The van der Waals surface area contributed by atoms with Crippen molar-refractivity contribution in [2.45, 2.75) is 18.9 Å². The van der Waals surface area contributed by atoms with E-state index in [1.807, 2.05) is 0 Å². The quantitative estimate of drug-likeness (QED) is 0.847. The Bertz CT molecular complexity index is 765. The number of aliphatic hydroxyl groups excluding tert-OH is 1. The molecule has 1 fully saturated rings. The Morgan fingerprint density at radius 2 is 1.38 bits per heavy atom. The number of rotatable bonds is 2. The fourth-order valence-electron chi connectivity index (χ4n) is 4.29. The van der Waals surface area contributed by atoms with Crippen molar-refractivity contribution in [3.63, 3.8) is 0 Å². The van der Waals surface area contributed by atoms with Gasteiger partial charge in [-0.1, -0.05) is 60.4 Å². The van der Waals surface area contributed by atoms with E-state index in [1.54, 1.807) is 0 Å². The number of piperazine rings is 1. The van der Waals surface area contributed by atoms with Crippen molar-refractivity contribution in [3.05, 3.63) is 70.8 Å². The molecule has 1 aliphatic carbocycles. The Kier molecular flexibility index (Phi) is 5.36.